The van der Waals surface area contributed by atoms with E-state index in [4.69, 9.17) is 4.74 Å². The lowest BCUT2D eigenvalue weighted by molar-refractivity contribution is -0.145. The summed E-state index contributed by atoms with van der Waals surface area (Å²) in [7, 11) is -3.73. The maximum atomic E-state index is 12.6. The van der Waals surface area contributed by atoms with Gasteiger partial charge in [0.25, 0.3) is 10.0 Å². The Bertz CT molecular complexity index is 1110. The van der Waals surface area contributed by atoms with Crippen molar-refractivity contribution in [2.24, 2.45) is 11.8 Å². The third-order valence-electron chi connectivity index (χ3n) is 5.22. The van der Waals surface area contributed by atoms with E-state index in [1.807, 2.05) is 6.92 Å². The van der Waals surface area contributed by atoms with Gasteiger partial charge in [-0.05, 0) is 43.3 Å². The van der Waals surface area contributed by atoms with Crippen LogP contribution in [0, 0.1) is 18.8 Å². The van der Waals surface area contributed by atoms with Crippen LogP contribution in [-0.2, 0) is 24.3 Å². The number of carbonyl (C=O) groups excluding carboxylic acids is 1. The zero-order chi connectivity index (χ0) is 21.5. The molecule has 30 heavy (non-hydrogen) atoms. The van der Waals surface area contributed by atoms with Crippen LogP contribution >= 0.6 is 0 Å². The number of sulfonamides is 1. The molecule has 1 saturated heterocycles. The third kappa shape index (κ3) is 3.81. The number of aryl methyl sites for hydroxylation is 1. The van der Waals surface area contributed by atoms with E-state index in [2.05, 4.69) is 10.0 Å². The molecule has 2 bridgehead atoms. The first kappa shape index (κ1) is 20.1. The Hall–Kier alpha value is -3.17. The van der Waals surface area contributed by atoms with Crippen LogP contribution in [-0.4, -0.2) is 37.6 Å². The molecule has 2 aromatic rings. The molecule has 0 spiro atoms. The number of nitrogens with one attached hydrogen (secondary N) is 2. The first-order valence-corrected chi connectivity index (χ1v) is 10.8. The molecule has 2 aliphatic rings. The maximum absolute atomic E-state index is 12.6. The molecule has 0 unspecified atom stereocenters. The van der Waals surface area contributed by atoms with Crippen molar-refractivity contribution in [1.82, 2.24) is 0 Å². The molecule has 1 amide bonds. The smallest absolute Gasteiger partial charge is 0.310 e. The monoisotopic (exact) mass is 428 g/mol. The van der Waals surface area contributed by atoms with E-state index in [0.717, 1.165) is 5.56 Å². The van der Waals surface area contributed by atoms with Crippen LogP contribution in [0.2, 0.25) is 0 Å². The Morgan fingerprint density at radius 2 is 1.47 bits per heavy atom. The highest BCUT2D eigenvalue weighted by molar-refractivity contribution is 7.92. The molecule has 2 aliphatic heterocycles. The second kappa shape index (κ2) is 7.58. The van der Waals surface area contributed by atoms with Crippen molar-refractivity contribution in [1.29, 1.82) is 0 Å². The van der Waals surface area contributed by atoms with Crippen molar-refractivity contribution in [3.05, 3.63) is 66.2 Å². The van der Waals surface area contributed by atoms with Crippen molar-refractivity contribution in [3.8, 4) is 0 Å². The van der Waals surface area contributed by atoms with Crippen LogP contribution in [0.5, 0.6) is 0 Å². The molecule has 2 heterocycles. The first-order chi connectivity index (χ1) is 14.2. The molecule has 3 N–H and O–H groups in total. The van der Waals surface area contributed by atoms with E-state index in [1.165, 1.54) is 24.3 Å². The van der Waals surface area contributed by atoms with Gasteiger partial charge in [0.2, 0.25) is 5.91 Å². The molecule has 0 aromatic heterocycles. The number of rotatable bonds is 6. The molecular weight excluding hydrogens is 408 g/mol. The predicted molar refractivity (Wildman–Crippen MR) is 109 cm³/mol. The normalized spacial score (nSPS) is 24.6. The average Bonchev–Trinajstić information content (AvgIpc) is 3.31. The van der Waals surface area contributed by atoms with Gasteiger partial charge in [0.15, 0.2) is 0 Å². The van der Waals surface area contributed by atoms with Crippen molar-refractivity contribution in [3.63, 3.8) is 0 Å². The summed E-state index contributed by atoms with van der Waals surface area (Å²) in [5.41, 5.74) is 1.72. The first-order valence-electron chi connectivity index (χ1n) is 9.31. The standard InChI is InChI=1S/C21H20N2O6S/c1-12-2-8-15(9-3-12)30(27,28)23-14-6-4-13(5-7-14)22-20(24)18-16-10-11-17(29-16)19(18)21(25)26/h2-11,16-19,23H,1H3,(H,22,24)(H,25,26)/t16-,17-,18-,19-/m0/s1. The van der Waals surface area contributed by atoms with Gasteiger partial charge in [0, 0.05) is 11.4 Å². The van der Waals surface area contributed by atoms with Crippen LogP contribution in [0.4, 0.5) is 11.4 Å². The minimum absolute atomic E-state index is 0.148. The fraction of sp³-hybridized carbons (Fsp3) is 0.238. The van der Waals surface area contributed by atoms with Gasteiger partial charge in [-0.25, -0.2) is 8.42 Å². The highest BCUT2D eigenvalue weighted by Gasteiger charge is 2.53. The van der Waals surface area contributed by atoms with Gasteiger partial charge in [0.1, 0.15) is 5.92 Å². The fourth-order valence-corrected chi connectivity index (χ4v) is 4.75. The summed E-state index contributed by atoms with van der Waals surface area (Å²) < 4.78 is 32.9. The van der Waals surface area contributed by atoms with E-state index in [9.17, 15) is 23.1 Å². The number of benzene rings is 2. The molecule has 0 saturated carbocycles. The molecular formula is C21H20N2O6S. The summed E-state index contributed by atoms with van der Waals surface area (Å²) in [5.74, 6) is -3.28. The summed E-state index contributed by atoms with van der Waals surface area (Å²) in [6, 6.07) is 12.6. The van der Waals surface area contributed by atoms with Crippen molar-refractivity contribution in [2.45, 2.75) is 24.0 Å². The van der Waals surface area contributed by atoms with E-state index in [1.54, 1.807) is 36.4 Å². The summed E-state index contributed by atoms with van der Waals surface area (Å²) in [4.78, 5) is 24.3. The molecule has 0 aliphatic carbocycles. The van der Waals surface area contributed by atoms with Gasteiger partial charge in [-0.15, -0.1) is 0 Å². The number of carboxylic acid groups (broad SMARTS) is 1. The van der Waals surface area contributed by atoms with Gasteiger partial charge >= 0.3 is 5.97 Å². The second-order valence-electron chi connectivity index (χ2n) is 7.33. The Balaban J connectivity index is 1.44. The van der Waals surface area contributed by atoms with E-state index in [0.29, 0.717) is 11.4 Å². The minimum Gasteiger partial charge on any atom is -0.481 e. The van der Waals surface area contributed by atoms with Crippen LogP contribution in [0.1, 0.15) is 5.56 Å². The van der Waals surface area contributed by atoms with E-state index in [-0.39, 0.29) is 4.90 Å². The van der Waals surface area contributed by atoms with E-state index < -0.39 is 45.9 Å². The van der Waals surface area contributed by atoms with Gasteiger partial charge in [-0.2, -0.15) is 0 Å². The highest BCUT2D eigenvalue weighted by atomic mass is 32.2. The Morgan fingerprint density at radius 1 is 0.900 bits per heavy atom. The van der Waals surface area contributed by atoms with Gasteiger partial charge in [-0.1, -0.05) is 29.8 Å². The molecule has 2 aromatic carbocycles. The van der Waals surface area contributed by atoms with Crippen LogP contribution in [0.15, 0.2) is 65.6 Å². The lowest BCUT2D eigenvalue weighted by Crippen LogP contribution is -2.39. The SMILES string of the molecule is Cc1ccc(S(=O)(=O)Nc2ccc(NC(=O)[C@@H]3[C@@H](C(=O)O)[C@@H]4C=C[C@@H]3O4)cc2)cc1. The van der Waals surface area contributed by atoms with Gasteiger partial charge in [0.05, 0.1) is 23.0 Å². The molecule has 0 radical (unpaired) electrons. The Morgan fingerprint density at radius 3 is 2.07 bits per heavy atom. The number of hydrogen-bond donors (Lipinski definition) is 3. The minimum atomic E-state index is -3.73. The lowest BCUT2D eigenvalue weighted by atomic mass is 9.82. The Labute approximate surface area is 173 Å². The fourth-order valence-electron chi connectivity index (χ4n) is 3.69. The quantitative estimate of drug-likeness (QED) is 0.608. The zero-order valence-corrected chi connectivity index (χ0v) is 16.8. The molecule has 156 valence electrons. The van der Waals surface area contributed by atoms with Crippen LogP contribution in [0.25, 0.3) is 0 Å². The van der Waals surface area contributed by atoms with E-state index >= 15 is 0 Å². The van der Waals surface area contributed by atoms with Crippen LogP contribution < -0.4 is 10.0 Å². The highest BCUT2D eigenvalue weighted by Crippen LogP contribution is 2.39. The van der Waals surface area contributed by atoms with Crippen LogP contribution in [0.3, 0.4) is 0 Å². The largest absolute Gasteiger partial charge is 0.481 e. The van der Waals surface area contributed by atoms with Crippen molar-refractivity contribution < 1.29 is 27.9 Å². The molecule has 9 heteroatoms. The number of hydrogen-bond acceptors (Lipinski definition) is 5. The number of aliphatic carboxylic acids is 1. The summed E-state index contributed by atoms with van der Waals surface area (Å²) in [6.45, 7) is 1.87. The second-order valence-corrected chi connectivity index (χ2v) is 9.01. The average molecular weight is 428 g/mol. The number of ether oxygens (including phenoxy) is 1. The number of anilines is 2. The molecule has 4 rings (SSSR count). The van der Waals surface area contributed by atoms with Crippen molar-refractivity contribution >= 4 is 33.3 Å². The third-order valence-corrected chi connectivity index (χ3v) is 6.62. The Kier molecular flexibility index (Phi) is 5.08. The van der Waals surface area contributed by atoms with Gasteiger partial charge < -0.3 is 15.2 Å². The predicted octanol–water partition coefficient (Wildman–Crippen LogP) is 2.39. The number of fused-ring (bicyclic) bond motifs is 2. The maximum Gasteiger partial charge on any atom is 0.310 e. The summed E-state index contributed by atoms with van der Waals surface area (Å²) >= 11 is 0. The van der Waals surface area contributed by atoms with Gasteiger partial charge in [-0.3, -0.25) is 14.3 Å². The molecule has 4 atom stereocenters. The number of carbonyl (C=O) groups is 2. The molecule has 8 nitrogen and oxygen atoms in total. The number of carboxylic acids is 1. The number of amides is 1. The van der Waals surface area contributed by atoms with Crippen molar-refractivity contribution in [2.75, 3.05) is 10.0 Å². The lowest BCUT2D eigenvalue weighted by Gasteiger charge is -2.21. The summed E-state index contributed by atoms with van der Waals surface area (Å²) in [6.07, 6.45) is 2.22. The topological polar surface area (TPSA) is 122 Å². The molecule has 1 fully saturated rings. The zero-order valence-electron chi connectivity index (χ0n) is 16.0. The summed E-state index contributed by atoms with van der Waals surface area (Å²) in [5, 5.41) is 12.1.